The lowest BCUT2D eigenvalue weighted by molar-refractivity contribution is -0.145. The predicted molar refractivity (Wildman–Crippen MR) is 99.5 cm³/mol. The molecular weight excluding hydrogens is 328 g/mol. The van der Waals surface area contributed by atoms with Gasteiger partial charge < -0.3 is 16.4 Å². The third-order valence-corrected chi connectivity index (χ3v) is 6.63. The maximum Gasteiger partial charge on any atom is 0.270 e. The second-order valence-corrected chi connectivity index (χ2v) is 8.45. The number of amides is 2. The number of anilines is 1. The van der Waals surface area contributed by atoms with Gasteiger partial charge in [0.05, 0.1) is 0 Å². The monoisotopic (exact) mass is 356 g/mol. The van der Waals surface area contributed by atoms with Crippen molar-refractivity contribution >= 4 is 17.6 Å². The second-order valence-electron chi connectivity index (χ2n) is 8.45. The summed E-state index contributed by atoms with van der Waals surface area (Å²) in [5, 5.41) is 6.46. The minimum absolute atomic E-state index is 0.115. The van der Waals surface area contributed by atoms with Gasteiger partial charge in [0.2, 0.25) is 5.91 Å². The molecule has 26 heavy (non-hydrogen) atoms. The molecule has 0 aliphatic heterocycles. The van der Waals surface area contributed by atoms with Gasteiger partial charge in [-0.2, -0.15) is 0 Å². The van der Waals surface area contributed by atoms with Crippen LogP contribution in [0.3, 0.4) is 0 Å². The van der Waals surface area contributed by atoms with E-state index in [1.54, 1.807) is 6.07 Å². The van der Waals surface area contributed by atoms with Crippen LogP contribution in [0.4, 0.5) is 5.82 Å². The van der Waals surface area contributed by atoms with E-state index in [9.17, 15) is 9.59 Å². The Bertz CT molecular complexity index is 704. The van der Waals surface area contributed by atoms with Crippen LogP contribution < -0.4 is 16.4 Å². The van der Waals surface area contributed by atoms with Crippen molar-refractivity contribution < 1.29 is 9.59 Å². The van der Waals surface area contributed by atoms with Crippen molar-refractivity contribution in [3.63, 3.8) is 0 Å². The molecule has 4 N–H and O–H groups in total. The number of hydrogen-bond donors (Lipinski definition) is 3. The third kappa shape index (κ3) is 2.95. The number of carbonyl (C=O) groups excluding carboxylic acids is 2. The highest BCUT2D eigenvalue weighted by atomic mass is 16.2. The molecule has 1 aromatic rings. The molecule has 4 fully saturated rings. The summed E-state index contributed by atoms with van der Waals surface area (Å²) in [5.74, 6) is 1.79. The molecule has 1 heterocycles. The minimum Gasteiger partial charge on any atom is -0.370 e. The fourth-order valence-electron chi connectivity index (χ4n) is 5.70. The first-order valence-electron chi connectivity index (χ1n) is 9.82. The zero-order valence-electron chi connectivity index (χ0n) is 15.3. The van der Waals surface area contributed by atoms with Crippen molar-refractivity contribution in [3.05, 3.63) is 23.9 Å². The lowest BCUT2D eigenvalue weighted by Crippen LogP contribution is -2.62. The average Bonchev–Trinajstić information content (AvgIpc) is 2.62. The molecule has 0 spiro atoms. The molecule has 0 radical (unpaired) electrons. The molecule has 4 bridgehead atoms. The molecule has 5 rings (SSSR count). The largest absolute Gasteiger partial charge is 0.370 e. The van der Waals surface area contributed by atoms with Crippen LogP contribution in [0.15, 0.2) is 18.2 Å². The van der Waals surface area contributed by atoms with Gasteiger partial charge >= 0.3 is 0 Å². The fraction of sp³-hybridized carbons (Fsp3) is 0.650. The molecule has 4 saturated carbocycles. The van der Waals surface area contributed by atoms with Gasteiger partial charge in [0, 0.05) is 18.0 Å². The van der Waals surface area contributed by atoms with E-state index in [1.165, 1.54) is 0 Å². The Morgan fingerprint density at radius 3 is 2.62 bits per heavy atom. The Labute approximate surface area is 154 Å². The number of nitrogens with zero attached hydrogens (tertiary/aromatic N) is 1. The lowest BCUT2D eigenvalue weighted by atomic mass is 9.47. The number of carbonyl (C=O) groups is 2. The van der Waals surface area contributed by atoms with Crippen molar-refractivity contribution in [1.82, 2.24) is 10.3 Å². The number of nitrogens with two attached hydrogens (primary N) is 1. The summed E-state index contributed by atoms with van der Waals surface area (Å²) < 4.78 is 0. The number of rotatable bonds is 6. The lowest BCUT2D eigenvalue weighted by Gasteiger charge is -2.58. The fourth-order valence-corrected chi connectivity index (χ4v) is 5.70. The summed E-state index contributed by atoms with van der Waals surface area (Å²) >= 11 is 0. The number of pyridine rings is 1. The number of aromatic nitrogens is 1. The molecule has 4 aliphatic carbocycles. The van der Waals surface area contributed by atoms with Gasteiger partial charge in [-0.25, -0.2) is 4.98 Å². The van der Waals surface area contributed by atoms with Crippen molar-refractivity contribution in [2.75, 3.05) is 11.9 Å². The van der Waals surface area contributed by atoms with Crippen LogP contribution in [0.5, 0.6) is 0 Å². The molecule has 140 valence electrons. The van der Waals surface area contributed by atoms with E-state index in [4.69, 9.17) is 5.73 Å². The van der Waals surface area contributed by atoms with E-state index in [2.05, 4.69) is 22.5 Å². The van der Waals surface area contributed by atoms with E-state index in [1.807, 2.05) is 12.1 Å². The number of primary amides is 1. The van der Waals surface area contributed by atoms with E-state index < -0.39 is 0 Å². The summed E-state index contributed by atoms with van der Waals surface area (Å²) in [6.45, 7) is 2.93. The maximum absolute atomic E-state index is 12.8. The van der Waals surface area contributed by atoms with Crippen molar-refractivity contribution in [2.24, 2.45) is 28.9 Å². The quantitative estimate of drug-likeness (QED) is 0.728. The summed E-state index contributed by atoms with van der Waals surface area (Å²) in [5.41, 5.74) is 5.87. The molecular formula is C20H28N4O2. The standard InChI is InChI=1S/C20H28N4O2/c1-2-6-22-16-5-3-4-15(23-16)18(25)24-17-13-7-12-8-14(17)11-20(9-12,10-13)19(21)26/h3-5,12-14,17H,2,6-11H2,1H3,(H2,21,26)(H,22,23)(H,24,25)/t12?,13?,14?,17-,20-. The normalized spacial score (nSPS) is 34.5. The van der Waals surface area contributed by atoms with Crippen LogP contribution in [0.2, 0.25) is 0 Å². The van der Waals surface area contributed by atoms with Gasteiger partial charge in [-0.05, 0) is 68.4 Å². The van der Waals surface area contributed by atoms with Crippen molar-refractivity contribution in [2.45, 2.75) is 51.5 Å². The third-order valence-electron chi connectivity index (χ3n) is 6.63. The van der Waals surface area contributed by atoms with E-state index in [0.29, 0.717) is 23.4 Å². The van der Waals surface area contributed by atoms with Crippen molar-refractivity contribution in [3.8, 4) is 0 Å². The Kier molecular flexibility index (Phi) is 4.37. The van der Waals surface area contributed by atoms with Gasteiger partial charge in [-0.3, -0.25) is 9.59 Å². The highest BCUT2D eigenvalue weighted by molar-refractivity contribution is 5.93. The first-order chi connectivity index (χ1) is 12.5. The molecule has 6 nitrogen and oxygen atoms in total. The average molecular weight is 356 g/mol. The SMILES string of the molecule is CCCNc1cccc(C(=O)N[C@H]2C3CC4CC2C[C@](C(N)=O)(C4)C3)n1. The Morgan fingerprint density at radius 1 is 1.23 bits per heavy atom. The van der Waals surface area contributed by atoms with Crippen molar-refractivity contribution in [1.29, 1.82) is 0 Å². The second kappa shape index (κ2) is 6.56. The first kappa shape index (κ1) is 17.3. The molecule has 0 aromatic carbocycles. The molecule has 4 aliphatic rings. The van der Waals surface area contributed by atoms with E-state index in [-0.39, 0.29) is 23.3 Å². The molecule has 6 heteroatoms. The summed E-state index contributed by atoms with van der Waals surface area (Å²) in [6, 6.07) is 5.64. The van der Waals surface area contributed by atoms with Crippen LogP contribution in [0, 0.1) is 23.2 Å². The molecule has 2 atom stereocenters. The zero-order valence-corrected chi connectivity index (χ0v) is 15.3. The maximum atomic E-state index is 12.8. The Balaban J connectivity index is 1.47. The van der Waals surface area contributed by atoms with Crippen LogP contribution in [0.1, 0.15) is 55.9 Å². The summed E-state index contributed by atoms with van der Waals surface area (Å²) in [7, 11) is 0. The van der Waals surface area contributed by atoms with Crippen LogP contribution in [0.25, 0.3) is 0 Å². The van der Waals surface area contributed by atoms with E-state index in [0.717, 1.165) is 50.9 Å². The highest BCUT2D eigenvalue weighted by Gasteiger charge is 2.58. The number of nitrogens with one attached hydrogen (secondary N) is 2. The van der Waals surface area contributed by atoms with E-state index >= 15 is 0 Å². The Morgan fingerprint density at radius 2 is 1.96 bits per heavy atom. The Hall–Kier alpha value is -2.11. The van der Waals surface area contributed by atoms with Crippen LogP contribution >= 0.6 is 0 Å². The minimum atomic E-state index is -0.319. The highest BCUT2D eigenvalue weighted by Crippen LogP contribution is 2.59. The van der Waals surface area contributed by atoms with Gasteiger partial charge in [0.1, 0.15) is 11.5 Å². The first-order valence-corrected chi connectivity index (χ1v) is 9.82. The smallest absolute Gasteiger partial charge is 0.270 e. The molecule has 2 amide bonds. The topological polar surface area (TPSA) is 97.1 Å². The zero-order chi connectivity index (χ0) is 18.3. The number of hydrogen-bond acceptors (Lipinski definition) is 4. The van der Waals surface area contributed by atoms with Gasteiger partial charge in [0.15, 0.2) is 0 Å². The summed E-state index contributed by atoms with van der Waals surface area (Å²) in [6.07, 6.45) is 5.80. The van der Waals surface area contributed by atoms with Gasteiger partial charge in [-0.15, -0.1) is 0 Å². The molecule has 2 unspecified atom stereocenters. The van der Waals surface area contributed by atoms with Gasteiger partial charge in [0.25, 0.3) is 5.91 Å². The van der Waals surface area contributed by atoms with Crippen LogP contribution in [-0.2, 0) is 4.79 Å². The molecule has 1 aromatic heterocycles. The van der Waals surface area contributed by atoms with Crippen LogP contribution in [-0.4, -0.2) is 29.4 Å². The van der Waals surface area contributed by atoms with Gasteiger partial charge in [-0.1, -0.05) is 13.0 Å². The summed E-state index contributed by atoms with van der Waals surface area (Å²) in [4.78, 5) is 29.3. The molecule has 0 saturated heterocycles. The predicted octanol–water partition coefficient (Wildman–Crippen LogP) is 2.31.